The third-order valence-electron chi connectivity index (χ3n) is 4.24. The van der Waals surface area contributed by atoms with Crippen molar-refractivity contribution in [2.75, 3.05) is 6.61 Å². The Kier molecular flexibility index (Phi) is 6.13. The lowest BCUT2D eigenvalue weighted by Gasteiger charge is -2.20. The van der Waals surface area contributed by atoms with Crippen LogP contribution in [0.4, 0.5) is 5.69 Å². The van der Waals surface area contributed by atoms with Gasteiger partial charge in [0, 0.05) is 28.8 Å². The van der Waals surface area contributed by atoms with Gasteiger partial charge in [0.05, 0.1) is 32.7 Å². The summed E-state index contributed by atoms with van der Waals surface area (Å²) in [6.45, 7) is 1.23. The molecular formula is C16H17N3O7S2. The number of hydrogen-bond acceptors (Lipinski definition) is 8. The zero-order chi connectivity index (χ0) is 20.4. The normalized spacial score (nSPS) is 22.9. The maximum Gasteiger partial charge on any atom is 0.330 e. The number of nitrogens with one attached hydrogen (secondary N) is 1. The number of nitrogens with zero attached hydrogens (tertiary/aromatic N) is 2. The van der Waals surface area contributed by atoms with Crippen molar-refractivity contribution in [3.8, 4) is 0 Å². The van der Waals surface area contributed by atoms with Gasteiger partial charge < -0.3 is 9.84 Å². The zero-order valence-corrected chi connectivity index (χ0v) is 16.3. The second-order valence-corrected chi connectivity index (χ2v) is 9.43. The number of benzene rings is 1. The summed E-state index contributed by atoms with van der Waals surface area (Å²) in [5.74, 6) is 0. The maximum absolute atomic E-state index is 12.9. The lowest BCUT2D eigenvalue weighted by Crippen LogP contribution is -2.37. The third-order valence-corrected chi connectivity index (χ3v) is 7.60. The van der Waals surface area contributed by atoms with Crippen LogP contribution >= 0.6 is 10.8 Å². The number of ether oxygens (including phenoxy) is 1. The van der Waals surface area contributed by atoms with E-state index in [-0.39, 0.29) is 18.7 Å². The minimum absolute atomic E-state index is 0.0761. The Bertz CT molecular complexity index is 1020. The summed E-state index contributed by atoms with van der Waals surface area (Å²) in [5, 5.41) is 19.5. The number of aliphatic hydroxyl groups excluding tert-OH is 1. The van der Waals surface area contributed by atoms with E-state index in [1.165, 1.54) is 42.0 Å². The fraction of sp³-hybridized carbons (Fsp3) is 0.375. The van der Waals surface area contributed by atoms with Crippen LogP contribution in [0, 0.1) is 17.0 Å². The van der Waals surface area contributed by atoms with Gasteiger partial charge in [-0.3, -0.25) is 24.5 Å². The molecule has 150 valence electrons. The molecule has 2 aromatic rings. The lowest BCUT2D eigenvalue weighted by atomic mass is 10.2. The molecule has 1 aromatic heterocycles. The van der Waals surface area contributed by atoms with E-state index < -0.39 is 43.6 Å². The zero-order valence-electron chi connectivity index (χ0n) is 14.6. The highest BCUT2D eigenvalue weighted by Crippen LogP contribution is 2.37. The van der Waals surface area contributed by atoms with Gasteiger partial charge in [-0.05, 0) is 36.3 Å². The smallest absolute Gasteiger partial charge is 0.330 e. The molecule has 3 rings (SSSR count). The van der Waals surface area contributed by atoms with Gasteiger partial charge in [-0.2, -0.15) is 0 Å². The SMILES string of the molecule is Cc1cn([C@@H]2O[C@H](CO)CC2S(=O)Sc2ccc([N+](=O)[O-])cc2)c(=O)[nH]c1=O. The molecule has 4 atom stereocenters. The Morgan fingerprint density at radius 1 is 1.39 bits per heavy atom. The second kappa shape index (κ2) is 8.39. The lowest BCUT2D eigenvalue weighted by molar-refractivity contribution is -0.384. The number of nitro groups is 1. The van der Waals surface area contributed by atoms with E-state index in [1.54, 1.807) is 0 Å². The number of rotatable bonds is 6. The van der Waals surface area contributed by atoms with Crippen LogP contribution in [-0.4, -0.2) is 41.8 Å². The minimum Gasteiger partial charge on any atom is -0.394 e. The highest BCUT2D eigenvalue weighted by molar-refractivity contribution is 8.69. The van der Waals surface area contributed by atoms with Crippen molar-refractivity contribution in [1.82, 2.24) is 9.55 Å². The first-order chi connectivity index (χ1) is 13.3. The van der Waals surface area contributed by atoms with Crippen molar-refractivity contribution in [3.05, 3.63) is 67.0 Å². The Balaban J connectivity index is 1.86. The number of aliphatic hydroxyl groups is 1. The van der Waals surface area contributed by atoms with E-state index in [0.717, 1.165) is 10.8 Å². The van der Waals surface area contributed by atoms with Crippen LogP contribution < -0.4 is 11.2 Å². The molecule has 2 heterocycles. The number of hydrogen-bond donors (Lipinski definition) is 2. The van der Waals surface area contributed by atoms with Crippen LogP contribution in [0.15, 0.2) is 44.9 Å². The Morgan fingerprint density at radius 2 is 2.07 bits per heavy atom. The van der Waals surface area contributed by atoms with E-state index in [4.69, 9.17) is 4.74 Å². The van der Waals surface area contributed by atoms with Gasteiger partial charge in [0.2, 0.25) is 0 Å². The van der Waals surface area contributed by atoms with Gasteiger partial charge in [0.1, 0.15) is 0 Å². The average molecular weight is 427 g/mol. The Morgan fingerprint density at radius 3 is 2.68 bits per heavy atom. The van der Waals surface area contributed by atoms with Gasteiger partial charge in [-0.25, -0.2) is 9.00 Å². The number of aryl methyl sites for hydroxylation is 1. The molecule has 2 unspecified atom stereocenters. The van der Waals surface area contributed by atoms with E-state index in [9.17, 15) is 29.0 Å². The van der Waals surface area contributed by atoms with E-state index in [2.05, 4.69) is 4.98 Å². The summed E-state index contributed by atoms with van der Waals surface area (Å²) in [6.07, 6.45) is 0.0622. The predicted molar refractivity (Wildman–Crippen MR) is 103 cm³/mol. The molecule has 0 amide bonds. The van der Waals surface area contributed by atoms with Crippen LogP contribution in [0.5, 0.6) is 0 Å². The van der Waals surface area contributed by atoms with E-state index >= 15 is 0 Å². The van der Waals surface area contributed by atoms with Gasteiger partial charge in [0.25, 0.3) is 11.2 Å². The first kappa shape index (κ1) is 20.5. The fourth-order valence-electron chi connectivity index (χ4n) is 2.81. The van der Waals surface area contributed by atoms with Crippen molar-refractivity contribution in [2.45, 2.75) is 35.8 Å². The Labute approximate surface area is 164 Å². The summed E-state index contributed by atoms with van der Waals surface area (Å²) in [7, 11) is -0.592. The van der Waals surface area contributed by atoms with E-state index in [0.29, 0.717) is 10.5 Å². The van der Waals surface area contributed by atoms with Crippen LogP contribution in [0.3, 0.4) is 0 Å². The molecule has 28 heavy (non-hydrogen) atoms. The van der Waals surface area contributed by atoms with Crippen molar-refractivity contribution >= 4 is 26.3 Å². The van der Waals surface area contributed by atoms with Crippen molar-refractivity contribution < 1.29 is 19.0 Å². The van der Waals surface area contributed by atoms with Gasteiger partial charge in [0.15, 0.2) is 6.23 Å². The number of non-ortho nitro benzene ring substituents is 1. The van der Waals surface area contributed by atoms with Gasteiger partial charge >= 0.3 is 5.69 Å². The fourth-order valence-corrected chi connectivity index (χ4v) is 5.92. The molecule has 1 saturated heterocycles. The molecule has 1 fully saturated rings. The third kappa shape index (κ3) is 4.24. The largest absolute Gasteiger partial charge is 0.394 e. The molecule has 1 aromatic carbocycles. The monoisotopic (exact) mass is 427 g/mol. The topological polar surface area (TPSA) is 145 Å². The molecular weight excluding hydrogens is 410 g/mol. The maximum atomic E-state index is 12.9. The first-order valence-corrected chi connectivity index (χ1v) is 10.8. The quantitative estimate of drug-likeness (QED) is 0.392. The highest BCUT2D eigenvalue weighted by atomic mass is 33.1. The summed E-state index contributed by atoms with van der Waals surface area (Å²) < 4.78 is 19.8. The summed E-state index contributed by atoms with van der Waals surface area (Å²) in [6, 6.07) is 5.61. The van der Waals surface area contributed by atoms with Crippen molar-refractivity contribution in [3.63, 3.8) is 0 Å². The summed E-state index contributed by atoms with van der Waals surface area (Å²) in [4.78, 5) is 36.7. The molecule has 0 spiro atoms. The average Bonchev–Trinajstić information content (AvgIpc) is 3.09. The van der Waals surface area contributed by atoms with Crippen molar-refractivity contribution in [1.29, 1.82) is 0 Å². The molecule has 1 aliphatic rings. The van der Waals surface area contributed by atoms with Crippen LogP contribution in [0.1, 0.15) is 18.2 Å². The molecule has 2 N–H and O–H groups in total. The molecule has 0 bridgehead atoms. The minimum atomic E-state index is -1.58. The molecule has 0 radical (unpaired) electrons. The van der Waals surface area contributed by atoms with Gasteiger partial charge in [-0.15, -0.1) is 0 Å². The molecule has 0 saturated carbocycles. The van der Waals surface area contributed by atoms with Crippen LogP contribution in [0.2, 0.25) is 0 Å². The van der Waals surface area contributed by atoms with Crippen LogP contribution in [-0.2, 0) is 14.6 Å². The Hall–Kier alpha value is -2.28. The molecule has 1 aliphatic heterocycles. The first-order valence-electron chi connectivity index (χ1n) is 8.22. The van der Waals surface area contributed by atoms with E-state index in [1.807, 2.05) is 0 Å². The molecule has 10 nitrogen and oxygen atoms in total. The predicted octanol–water partition coefficient (Wildman–Crippen LogP) is 0.858. The highest BCUT2D eigenvalue weighted by Gasteiger charge is 2.41. The van der Waals surface area contributed by atoms with Crippen LogP contribution in [0.25, 0.3) is 0 Å². The number of aromatic amines is 1. The molecule has 0 aliphatic carbocycles. The summed E-state index contributed by atoms with van der Waals surface area (Å²) in [5.41, 5.74) is -0.992. The number of H-pyrrole nitrogens is 1. The number of nitro benzene ring substituents is 1. The number of aromatic nitrogens is 2. The standard InChI is InChI=1S/C16H17N3O7S2/c1-9-7-18(16(22)17-14(9)21)15-13(6-11(8-20)26-15)28(25)27-12-4-2-10(3-5-12)19(23)24/h2-5,7,11,13,15,20H,6,8H2,1H3,(H,17,21,22)/t11-,13?,15+,28?/m0/s1. The summed E-state index contributed by atoms with van der Waals surface area (Å²) >= 11 is 0. The van der Waals surface area contributed by atoms with Gasteiger partial charge in [-0.1, -0.05) is 0 Å². The molecule has 12 heteroatoms. The second-order valence-electron chi connectivity index (χ2n) is 6.18. The van der Waals surface area contributed by atoms with Crippen molar-refractivity contribution in [2.24, 2.45) is 0 Å².